The summed E-state index contributed by atoms with van der Waals surface area (Å²) in [6.45, 7) is 8.16. The van der Waals surface area contributed by atoms with Gasteiger partial charge in [-0.3, -0.25) is 4.79 Å². The molecule has 0 aliphatic heterocycles. The van der Waals surface area contributed by atoms with Crippen LogP contribution in [0, 0.1) is 3.57 Å². The highest BCUT2D eigenvalue weighted by atomic mass is 127. The Bertz CT molecular complexity index is 933. The number of hydrogen-bond donors (Lipinski definition) is 2. The lowest BCUT2D eigenvalue weighted by molar-refractivity contribution is 0.0954. The molecule has 0 aliphatic carbocycles. The fraction of sp³-hybridized carbons (Fsp3) is 0.333. The largest absolute Gasteiger partial charge is 0.506 e. The second-order valence-electron chi connectivity index (χ2n) is 5.68. The number of anilines is 1. The molecule has 0 radical (unpaired) electrons. The summed E-state index contributed by atoms with van der Waals surface area (Å²) < 4.78 is 3.49. The molecule has 26 heavy (non-hydrogen) atoms. The first-order valence-electron chi connectivity index (χ1n) is 8.54. The minimum Gasteiger partial charge on any atom is -0.506 e. The third kappa shape index (κ3) is 3.16. The Labute approximate surface area is 170 Å². The highest BCUT2D eigenvalue weighted by Gasteiger charge is 2.26. The molecular formula is C18H21IN4O2S. The number of hydrogen-bond acceptors (Lipinski definition) is 5. The van der Waals surface area contributed by atoms with Crippen LogP contribution in [0.2, 0.25) is 0 Å². The Morgan fingerprint density at radius 2 is 1.96 bits per heavy atom. The molecule has 2 heterocycles. The number of rotatable bonds is 6. The molecule has 0 spiro atoms. The van der Waals surface area contributed by atoms with E-state index in [1.807, 2.05) is 36.0 Å². The van der Waals surface area contributed by atoms with Crippen LogP contribution in [-0.4, -0.2) is 40.2 Å². The Balaban J connectivity index is 2.36. The van der Waals surface area contributed by atoms with Crippen molar-refractivity contribution in [1.82, 2.24) is 14.9 Å². The predicted molar refractivity (Wildman–Crippen MR) is 115 cm³/mol. The molecule has 0 unspecified atom stereocenters. The zero-order chi connectivity index (χ0) is 18.8. The highest BCUT2D eigenvalue weighted by Crippen LogP contribution is 2.42. The van der Waals surface area contributed by atoms with Crippen LogP contribution < -0.4 is 10.2 Å². The summed E-state index contributed by atoms with van der Waals surface area (Å²) in [6, 6.07) is 3.87. The summed E-state index contributed by atoms with van der Waals surface area (Å²) in [5, 5.41) is 14.4. The van der Waals surface area contributed by atoms with E-state index in [0.29, 0.717) is 15.6 Å². The van der Waals surface area contributed by atoms with Crippen molar-refractivity contribution < 1.29 is 9.90 Å². The van der Waals surface area contributed by atoms with Crippen LogP contribution in [0.25, 0.3) is 15.9 Å². The lowest BCUT2D eigenvalue weighted by Gasteiger charge is -2.16. The molecule has 0 saturated heterocycles. The van der Waals surface area contributed by atoms with Crippen molar-refractivity contribution in [2.24, 2.45) is 0 Å². The molecule has 1 amide bonds. The fourth-order valence-corrected chi connectivity index (χ4v) is 5.14. The number of carbonyl (C=O) groups excluding carboxylic acids is 1. The van der Waals surface area contributed by atoms with E-state index in [1.165, 1.54) is 0 Å². The molecule has 8 heteroatoms. The van der Waals surface area contributed by atoms with Crippen LogP contribution >= 0.6 is 33.9 Å². The summed E-state index contributed by atoms with van der Waals surface area (Å²) in [5.41, 5.74) is 1.65. The maximum absolute atomic E-state index is 12.6. The first-order valence-corrected chi connectivity index (χ1v) is 10.4. The van der Waals surface area contributed by atoms with Crippen LogP contribution in [0.4, 0.5) is 5.13 Å². The number of nitrogens with zero attached hydrogens (tertiary/aromatic N) is 3. The number of amides is 1. The maximum atomic E-state index is 12.6. The summed E-state index contributed by atoms with van der Waals surface area (Å²) >= 11 is 3.65. The molecule has 1 aromatic carbocycles. The fourth-order valence-electron chi connectivity index (χ4n) is 2.88. The van der Waals surface area contributed by atoms with E-state index in [9.17, 15) is 9.90 Å². The molecule has 0 atom stereocenters. The molecular weight excluding hydrogens is 463 g/mol. The van der Waals surface area contributed by atoms with Gasteiger partial charge in [-0.2, -0.15) is 0 Å². The summed E-state index contributed by atoms with van der Waals surface area (Å²) in [6.07, 6.45) is 3.86. The van der Waals surface area contributed by atoms with Crippen molar-refractivity contribution in [2.45, 2.75) is 20.8 Å². The van der Waals surface area contributed by atoms with Crippen LogP contribution in [0.3, 0.4) is 0 Å². The van der Waals surface area contributed by atoms with Crippen molar-refractivity contribution in [3.63, 3.8) is 0 Å². The quantitative estimate of drug-likeness (QED) is 0.520. The zero-order valence-electron chi connectivity index (χ0n) is 14.9. The van der Waals surface area contributed by atoms with Crippen molar-refractivity contribution in [3.05, 3.63) is 33.7 Å². The minimum absolute atomic E-state index is 0.0239. The second-order valence-corrected chi connectivity index (χ2v) is 7.74. The van der Waals surface area contributed by atoms with Gasteiger partial charge in [0.25, 0.3) is 5.91 Å². The molecule has 6 nitrogen and oxygen atoms in total. The number of phenols is 1. The van der Waals surface area contributed by atoms with E-state index in [2.05, 4.69) is 46.7 Å². The van der Waals surface area contributed by atoms with Gasteiger partial charge in [-0.25, -0.2) is 4.98 Å². The van der Waals surface area contributed by atoms with Gasteiger partial charge in [-0.05, 0) is 55.5 Å². The number of aromatic hydroxyl groups is 1. The standard InChI is InChI=1S/C18H21IN4O2S/c1-4-20-17(25)11-13-16(26-18(21-13)22(5-2)6-3)14(12(19)15(11)24)23-9-7-8-10-23/h7-10,24H,4-6H2,1-3H3,(H,20,25). The number of halogens is 1. The van der Waals surface area contributed by atoms with Gasteiger partial charge in [-0.15, -0.1) is 0 Å². The number of phenolic OH excluding ortho intramolecular Hbond substituents is 1. The molecule has 3 rings (SSSR count). The first kappa shape index (κ1) is 19.0. The number of nitrogens with one attached hydrogen (secondary N) is 1. The van der Waals surface area contributed by atoms with Gasteiger partial charge in [0, 0.05) is 32.0 Å². The van der Waals surface area contributed by atoms with E-state index >= 15 is 0 Å². The van der Waals surface area contributed by atoms with E-state index < -0.39 is 0 Å². The third-order valence-corrected chi connectivity index (χ3v) is 6.33. The van der Waals surface area contributed by atoms with Crippen molar-refractivity contribution >= 4 is 55.2 Å². The second kappa shape index (κ2) is 7.83. The average molecular weight is 484 g/mol. The van der Waals surface area contributed by atoms with Crippen molar-refractivity contribution in [2.75, 3.05) is 24.5 Å². The Kier molecular flexibility index (Phi) is 5.71. The minimum atomic E-state index is -0.302. The van der Waals surface area contributed by atoms with Crippen LogP contribution in [0.15, 0.2) is 24.5 Å². The number of aromatic nitrogens is 2. The van der Waals surface area contributed by atoms with Crippen molar-refractivity contribution in [1.29, 1.82) is 0 Å². The summed E-state index contributed by atoms with van der Waals surface area (Å²) in [7, 11) is 0. The molecule has 0 bridgehead atoms. The normalized spacial score (nSPS) is 11.1. The van der Waals surface area contributed by atoms with Gasteiger partial charge in [0.1, 0.15) is 16.8 Å². The number of fused-ring (bicyclic) bond motifs is 1. The van der Waals surface area contributed by atoms with Gasteiger partial charge in [-0.1, -0.05) is 11.3 Å². The van der Waals surface area contributed by atoms with E-state index in [-0.39, 0.29) is 17.2 Å². The monoisotopic (exact) mass is 484 g/mol. The van der Waals surface area contributed by atoms with Crippen LogP contribution in [0.5, 0.6) is 5.75 Å². The summed E-state index contributed by atoms with van der Waals surface area (Å²) in [4.78, 5) is 19.5. The SMILES string of the molecule is CCNC(=O)c1c(O)c(I)c(-n2cccc2)c2sc(N(CC)CC)nc12. The average Bonchev–Trinajstić information content (AvgIpc) is 3.28. The predicted octanol–water partition coefficient (Wildman–Crippen LogP) is 3.99. The van der Waals surface area contributed by atoms with Gasteiger partial charge in [0.05, 0.1) is 14.0 Å². The maximum Gasteiger partial charge on any atom is 0.257 e. The molecule has 2 N–H and O–H groups in total. The van der Waals surface area contributed by atoms with E-state index in [4.69, 9.17) is 4.98 Å². The van der Waals surface area contributed by atoms with Gasteiger partial charge >= 0.3 is 0 Å². The smallest absolute Gasteiger partial charge is 0.257 e. The lowest BCUT2D eigenvalue weighted by Crippen LogP contribution is -2.24. The van der Waals surface area contributed by atoms with E-state index in [0.717, 1.165) is 28.6 Å². The Morgan fingerprint density at radius 3 is 2.54 bits per heavy atom. The zero-order valence-corrected chi connectivity index (χ0v) is 17.9. The molecule has 3 aromatic rings. The Hall–Kier alpha value is -1.81. The molecule has 138 valence electrons. The molecule has 0 fully saturated rings. The van der Waals surface area contributed by atoms with Crippen LogP contribution in [-0.2, 0) is 0 Å². The number of benzene rings is 1. The number of carbonyl (C=O) groups is 1. The van der Waals surface area contributed by atoms with E-state index in [1.54, 1.807) is 11.3 Å². The van der Waals surface area contributed by atoms with Gasteiger partial charge in [0.2, 0.25) is 0 Å². The van der Waals surface area contributed by atoms with Crippen molar-refractivity contribution in [3.8, 4) is 11.4 Å². The molecule has 0 aliphatic rings. The lowest BCUT2D eigenvalue weighted by atomic mass is 10.1. The molecule has 0 saturated carbocycles. The van der Waals surface area contributed by atoms with Gasteiger partial charge < -0.3 is 19.9 Å². The topological polar surface area (TPSA) is 70.4 Å². The van der Waals surface area contributed by atoms with Crippen LogP contribution in [0.1, 0.15) is 31.1 Å². The number of thiazole rings is 1. The molecule has 2 aromatic heterocycles. The Morgan fingerprint density at radius 1 is 1.31 bits per heavy atom. The van der Waals surface area contributed by atoms with Gasteiger partial charge in [0.15, 0.2) is 5.13 Å². The summed E-state index contributed by atoms with van der Waals surface area (Å²) in [5.74, 6) is -0.326. The highest BCUT2D eigenvalue weighted by molar-refractivity contribution is 14.1. The third-order valence-electron chi connectivity index (χ3n) is 4.18. The first-order chi connectivity index (χ1) is 12.5.